The molecule has 0 N–H and O–H groups in total. The van der Waals surface area contributed by atoms with Crippen LogP contribution in [0.4, 0.5) is 0 Å². The van der Waals surface area contributed by atoms with Gasteiger partial charge in [0.05, 0.1) is 7.11 Å². The summed E-state index contributed by atoms with van der Waals surface area (Å²) in [6.45, 7) is 7.61. The Bertz CT molecular complexity index is 903. The van der Waals surface area contributed by atoms with Gasteiger partial charge in [-0.1, -0.05) is 12.1 Å². The fraction of sp³-hybridized carbons (Fsp3) is 0.391. The highest BCUT2D eigenvalue weighted by molar-refractivity contribution is 5.92. The summed E-state index contributed by atoms with van der Waals surface area (Å²) in [6.07, 6.45) is 7.14. The van der Waals surface area contributed by atoms with Crippen molar-refractivity contribution in [2.45, 2.75) is 39.7 Å². The molecule has 0 bridgehead atoms. The molecule has 1 aromatic carbocycles. The lowest BCUT2D eigenvalue weighted by atomic mass is 10.0. The minimum absolute atomic E-state index is 0.0387. The lowest BCUT2D eigenvalue weighted by Crippen LogP contribution is -2.38. The summed E-state index contributed by atoms with van der Waals surface area (Å²) in [5.41, 5.74) is 5.32. The van der Waals surface area contributed by atoms with Crippen LogP contribution >= 0.6 is 0 Å². The van der Waals surface area contributed by atoms with Crippen LogP contribution in [-0.4, -0.2) is 41.5 Å². The first kappa shape index (κ1) is 19.9. The molecule has 0 saturated carbocycles. The number of amides is 1. The molecule has 2 aromatic rings. The molecule has 148 valence electrons. The van der Waals surface area contributed by atoms with Crippen molar-refractivity contribution >= 4 is 18.0 Å². The van der Waals surface area contributed by atoms with Crippen molar-refractivity contribution < 1.29 is 14.3 Å². The number of aromatic nitrogens is 1. The molecule has 1 fully saturated rings. The van der Waals surface area contributed by atoms with Crippen LogP contribution in [0.25, 0.3) is 6.08 Å². The van der Waals surface area contributed by atoms with E-state index in [1.807, 2.05) is 27.8 Å². The summed E-state index contributed by atoms with van der Waals surface area (Å²) in [7, 11) is 1.39. The van der Waals surface area contributed by atoms with E-state index in [4.69, 9.17) is 4.74 Å². The van der Waals surface area contributed by atoms with Gasteiger partial charge >= 0.3 is 5.97 Å². The molecule has 28 heavy (non-hydrogen) atoms. The second-order valence-corrected chi connectivity index (χ2v) is 7.48. The molecule has 1 saturated heterocycles. The highest BCUT2D eigenvalue weighted by atomic mass is 16.5. The minimum Gasteiger partial charge on any atom is -0.464 e. The van der Waals surface area contributed by atoms with Crippen LogP contribution in [0.5, 0.6) is 0 Å². The molecule has 1 amide bonds. The van der Waals surface area contributed by atoms with Gasteiger partial charge in [-0.05, 0) is 74.1 Å². The van der Waals surface area contributed by atoms with Crippen LogP contribution in [0.2, 0.25) is 0 Å². The number of hydrogen-bond donors (Lipinski definition) is 0. The Morgan fingerprint density at radius 3 is 2.43 bits per heavy atom. The van der Waals surface area contributed by atoms with E-state index in [1.54, 1.807) is 12.1 Å². The molecular weight excluding hydrogens is 352 g/mol. The van der Waals surface area contributed by atoms with Crippen molar-refractivity contribution in [2.75, 3.05) is 20.2 Å². The van der Waals surface area contributed by atoms with Crippen LogP contribution in [-0.2, 0) is 9.53 Å². The van der Waals surface area contributed by atoms with Gasteiger partial charge in [-0.25, -0.2) is 4.79 Å². The van der Waals surface area contributed by atoms with Crippen molar-refractivity contribution in [3.8, 4) is 0 Å². The predicted molar refractivity (Wildman–Crippen MR) is 110 cm³/mol. The number of benzene rings is 1. The number of methoxy groups -OCH3 is 1. The maximum Gasteiger partial charge on any atom is 0.354 e. The first-order valence-electron chi connectivity index (χ1n) is 9.70. The summed E-state index contributed by atoms with van der Waals surface area (Å²) in [5, 5.41) is 0. The van der Waals surface area contributed by atoms with Gasteiger partial charge in [0.1, 0.15) is 5.69 Å². The number of likely N-dealkylation sites (tertiary alicyclic amines) is 1. The highest BCUT2D eigenvalue weighted by Crippen LogP contribution is 2.25. The normalized spacial score (nSPS) is 15.2. The van der Waals surface area contributed by atoms with E-state index < -0.39 is 0 Å². The molecule has 0 aliphatic carbocycles. The first-order valence-corrected chi connectivity index (χ1v) is 9.70. The van der Waals surface area contributed by atoms with E-state index in [9.17, 15) is 9.59 Å². The van der Waals surface area contributed by atoms with Gasteiger partial charge in [0.15, 0.2) is 0 Å². The van der Waals surface area contributed by atoms with E-state index >= 15 is 0 Å². The fourth-order valence-electron chi connectivity index (χ4n) is 3.78. The summed E-state index contributed by atoms with van der Waals surface area (Å²) in [4.78, 5) is 26.4. The van der Waals surface area contributed by atoms with Crippen LogP contribution in [0, 0.1) is 20.8 Å². The number of ether oxygens (including phenoxy) is 1. The number of carbonyl (C=O) groups excluding carboxylic acids is 2. The van der Waals surface area contributed by atoms with Gasteiger partial charge < -0.3 is 14.2 Å². The lowest BCUT2D eigenvalue weighted by molar-refractivity contribution is -0.127. The molecule has 3 rings (SSSR count). The van der Waals surface area contributed by atoms with Crippen LogP contribution in [0.1, 0.15) is 51.6 Å². The predicted octanol–water partition coefficient (Wildman–Crippen LogP) is 4.08. The molecule has 1 aromatic heterocycles. The van der Waals surface area contributed by atoms with Crippen molar-refractivity contribution in [3.05, 3.63) is 64.5 Å². The molecule has 5 heteroatoms. The first-order chi connectivity index (χ1) is 13.4. The van der Waals surface area contributed by atoms with Gasteiger partial charge in [0, 0.05) is 31.4 Å². The van der Waals surface area contributed by atoms with Gasteiger partial charge in [0.2, 0.25) is 5.91 Å². The van der Waals surface area contributed by atoms with Gasteiger partial charge in [0.25, 0.3) is 0 Å². The Balaban J connectivity index is 1.62. The quantitative estimate of drug-likeness (QED) is 0.593. The van der Waals surface area contributed by atoms with Crippen LogP contribution < -0.4 is 0 Å². The lowest BCUT2D eigenvalue weighted by Gasteiger charge is -2.32. The van der Waals surface area contributed by atoms with Crippen LogP contribution in [0.3, 0.4) is 0 Å². The fourth-order valence-corrected chi connectivity index (χ4v) is 3.78. The van der Waals surface area contributed by atoms with Gasteiger partial charge in [-0.2, -0.15) is 0 Å². The standard InChI is InChI=1S/C23H28N2O3/c1-16-14-18(3)19(15-17(16)2)7-8-22(26)24-12-9-20(10-13-24)25-11-5-6-21(25)23(27)28-4/h5-8,11,14-15,20H,9-10,12-13H2,1-4H3/b8-7+. The zero-order chi connectivity index (χ0) is 20.3. The van der Waals surface area contributed by atoms with Crippen molar-refractivity contribution in [1.29, 1.82) is 0 Å². The largest absolute Gasteiger partial charge is 0.464 e. The Morgan fingerprint density at radius 1 is 1.07 bits per heavy atom. The molecular formula is C23H28N2O3. The number of nitrogens with zero attached hydrogens (tertiary/aromatic N) is 2. The summed E-state index contributed by atoms with van der Waals surface area (Å²) >= 11 is 0. The van der Waals surface area contributed by atoms with Gasteiger partial charge in [-0.3, -0.25) is 4.79 Å². The maximum atomic E-state index is 12.6. The third-order valence-corrected chi connectivity index (χ3v) is 5.63. The van der Waals surface area contributed by atoms with E-state index in [0.29, 0.717) is 18.8 Å². The molecule has 2 heterocycles. The van der Waals surface area contributed by atoms with Gasteiger partial charge in [-0.15, -0.1) is 0 Å². The van der Waals surface area contributed by atoms with Crippen molar-refractivity contribution in [3.63, 3.8) is 0 Å². The highest BCUT2D eigenvalue weighted by Gasteiger charge is 2.25. The monoisotopic (exact) mass is 380 g/mol. The van der Waals surface area contributed by atoms with E-state index in [1.165, 1.54) is 23.8 Å². The zero-order valence-corrected chi connectivity index (χ0v) is 17.1. The Morgan fingerprint density at radius 2 is 1.75 bits per heavy atom. The minimum atomic E-state index is -0.324. The number of esters is 1. The third kappa shape index (κ3) is 4.19. The second kappa shape index (κ2) is 8.46. The van der Waals surface area contributed by atoms with E-state index in [2.05, 4.69) is 32.9 Å². The number of hydrogen-bond acceptors (Lipinski definition) is 3. The third-order valence-electron chi connectivity index (χ3n) is 5.63. The SMILES string of the molecule is COC(=O)c1cccn1C1CCN(C(=O)/C=C/c2cc(C)c(C)cc2C)CC1. The number of piperidine rings is 1. The summed E-state index contributed by atoms with van der Waals surface area (Å²) in [5.74, 6) is -0.285. The number of aryl methyl sites for hydroxylation is 3. The molecule has 5 nitrogen and oxygen atoms in total. The number of rotatable bonds is 4. The maximum absolute atomic E-state index is 12.6. The summed E-state index contributed by atoms with van der Waals surface area (Å²) in [6, 6.07) is 8.12. The molecule has 0 unspecified atom stereocenters. The zero-order valence-electron chi connectivity index (χ0n) is 17.1. The van der Waals surface area contributed by atoms with Crippen LogP contribution in [0.15, 0.2) is 36.5 Å². The summed E-state index contributed by atoms with van der Waals surface area (Å²) < 4.78 is 6.83. The topological polar surface area (TPSA) is 51.5 Å². The Kier molecular flexibility index (Phi) is 6.02. The second-order valence-electron chi connectivity index (χ2n) is 7.48. The Hall–Kier alpha value is -2.82. The molecule has 1 aliphatic heterocycles. The average Bonchev–Trinajstić information content (AvgIpc) is 3.19. The average molecular weight is 380 g/mol. The molecule has 1 aliphatic rings. The van der Waals surface area contributed by atoms with E-state index in [0.717, 1.165) is 18.4 Å². The molecule has 0 spiro atoms. The van der Waals surface area contributed by atoms with Crippen molar-refractivity contribution in [1.82, 2.24) is 9.47 Å². The molecule has 0 atom stereocenters. The Labute approximate surface area is 166 Å². The number of carbonyl (C=O) groups is 2. The van der Waals surface area contributed by atoms with Crippen molar-refractivity contribution in [2.24, 2.45) is 0 Å². The smallest absolute Gasteiger partial charge is 0.354 e. The van der Waals surface area contributed by atoms with E-state index in [-0.39, 0.29) is 17.9 Å². The molecule has 0 radical (unpaired) electrons.